The average Bonchev–Trinajstić information content (AvgIpc) is 2.38. The van der Waals surface area contributed by atoms with E-state index < -0.39 is 0 Å². The van der Waals surface area contributed by atoms with Crippen LogP contribution in [-0.4, -0.2) is 15.5 Å². The van der Waals surface area contributed by atoms with Crippen molar-refractivity contribution in [2.75, 3.05) is 0 Å². The zero-order chi connectivity index (χ0) is 14.6. The summed E-state index contributed by atoms with van der Waals surface area (Å²) in [6.45, 7) is 7.17. The molecule has 3 nitrogen and oxygen atoms in total. The average molecular weight is 308 g/mol. The highest BCUT2D eigenvalue weighted by Gasteiger charge is 2.10. The molecule has 0 saturated heterocycles. The molecular formula is C15H18ClN3S. The van der Waals surface area contributed by atoms with Crippen molar-refractivity contribution in [3.8, 4) is 0 Å². The lowest BCUT2D eigenvalue weighted by atomic mass is 10.1. The van der Waals surface area contributed by atoms with E-state index in [1.165, 1.54) is 11.8 Å². The van der Waals surface area contributed by atoms with Crippen LogP contribution in [0.2, 0.25) is 5.02 Å². The Morgan fingerprint density at radius 3 is 2.50 bits per heavy atom. The number of benzene rings is 1. The van der Waals surface area contributed by atoms with Gasteiger partial charge in [-0.25, -0.2) is 9.97 Å². The van der Waals surface area contributed by atoms with Crippen LogP contribution in [0.1, 0.15) is 26.3 Å². The first kappa shape index (κ1) is 15.3. The quantitative estimate of drug-likeness (QED) is 0.860. The molecule has 1 N–H and O–H groups in total. The fraction of sp³-hybridized carbons (Fsp3) is 0.333. The van der Waals surface area contributed by atoms with Gasteiger partial charge in [0, 0.05) is 34.4 Å². The third-order valence-corrected chi connectivity index (χ3v) is 3.82. The number of nitrogens with zero attached hydrogens (tertiary/aromatic N) is 2. The van der Waals surface area contributed by atoms with Gasteiger partial charge in [-0.15, -0.1) is 0 Å². The van der Waals surface area contributed by atoms with E-state index in [-0.39, 0.29) is 5.54 Å². The molecule has 0 aliphatic carbocycles. The summed E-state index contributed by atoms with van der Waals surface area (Å²) in [4.78, 5) is 9.42. The Kier molecular flexibility index (Phi) is 5.02. The molecule has 0 amide bonds. The molecule has 0 unspecified atom stereocenters. The predicted octanol–water partition coefficient (Wildman–Crippen LogP) is 4.17. The van der Waals surface area contributed by atoms with Crippen LogP contribution in [0.25, 0.3) is 0 Å². The highest BCUT2D eigenvalue weighted by atomic mass is 35.5. The Labute approximate surface area is 129 Å². The van der Waals surface area contributed by atoms with Gasteiger partial charge in [-0.3, -0.25) is 0 Å². The smallest absolute Gasteiger partial charge is 0.192 e. The molecule has 0 spiro atoms. The predicted molar refractivity (Wildman–Crippen MR) is 84.2 cm³/mol. The molecule has 1 aromatic carbocycles. The fourth-order valence-electron chi connectivity index (χ4n) is 1.54. The molecular weight excluding hydrogens is 290 g/mol. The largest absolute Gasteiger partial charge is 0.308 e. The molecule has 0 aliphatic rings. The van der Waals surface area contributed by atoms with E-state index >= 15 is 0 Å². The summed E-state index contributed by atoms with van der Waals surface area (Å²) in [6.07, 6.45) is 3.47. The number of rotatable bonds is 4. The van der Waals surface area contributed by atoms with Crippen LogP contribution in [0.5, 0.6) is 0 Å². The first-order valence-corrected chi connectivity index (χ1v) is 7.62. The molecule has 5 heteroatoms. The first-order valence-electron chi connectivity index (χ1n) is 6.42. The monoisotopic (exact) mass is 307 g/mol. The minimum Gasteiger partial charge on any atom is -0.308 e. The summed E-state index contributed by atoms with van der Waals surface area (Å²) in [7, 11) is 0. The van der Waals surface area contributed by atoms with Crippen LogP contribution in [-0.2, 0) is 6.54 Å². The number of halogens is 1. The van der Waals surface area contributed by atoms with Gasteiger partial charge in [-0.1, -0.05) is 17.7 Å². The molecule has 0 bridgehead atoms. The summed E-state index contributed by atoms with van der Waals surface area (Å²) >= 11 is 7.84. The lowest BCUT2D eigenvalue weighted by Gasteiger charge is -2.21. The second-order valence-corrected chi connectivity index (χ2v) is 6.94. The van der Waals surface area contributed by atoms with Crippen LogP contribution in [0.15, 0.2) is 46.7 Å². The Bertz CT molecular complexity index is 567. The fourth-order valence-corrected chi connectivity index (χ4v) is 2.60. The maximum atomic E-state index is 6.33. The van der Waals surface area contributed by atoms with E-state index in [9.17, 15) is 0 Å². The number of nitrogens with one attached hydrogen (secondary N) is 1. The number of hydrogen-bond donors (Lipinski definition) is 1. The highest BCUT2D eigenvalue weighted by Crippen LogP contribution is 2.28. The molecule has 2 aromatic rings. The summed E-state index contributed by atoms with van der Waals surface area (Å²) in [5.41, 5.74) is 1.18. The minimum atomic E-state index is 0.0780. The van der Waals surface area contributed by atoms with Crippen molar-refractivity contribution in [3.05, 3.63) is 47.2 Å². The van der Waals surface area contributed by atoms with Crippen molar-refractivity contribution in [3.63, 3.8) is 0 Å². The molecule has 0 fully saturated rings. The van der Waals surface area contributed by atoms with Crippen molar-refractivity contribution in [1.29, 1.82) is 0 Å². The Hall–Kier alpha value is -1.10. The molecule has 0 atom stereocenters. The van der Waals surface area contributed by atoms with Gasteiger partial charge >= 0.3 is 0 Å². The second kappa shape index (κ2) is 6.57. The Morgan fingerprint density at radius 1 is 1.20 bits per heavy atom. The SMILES string of the molecule is CC(C)(C)NCc1ccc(Sc2ncccn2)cc1Cl. The highest BCUT2D eigenvalue weighted by molar-refractivity contribution is 7.99. The minimum absolute atomic E-state index is 0.0780. The van der Waals surface area contributed by atoms with Gasteiger partial charge in [0.15, 0.2) is 5.16 Å². The third kappa shape index (κ3) is 4.78. The zero-order valence-corrected chi connectivity index (χ0v) is 13.4. The number of aromatic nitrogens is 2. The Balaban J connectivity index is 2.06. The third-order valence-electron chi connectivity index (χ3n) is 2.58. The standard InChI is InChI=1S/C15H18ClN3S/c1-15(2,3)19-10-11-5-6-12(9-13(11)16)20-14-17-7-4-8-18-14/h4-9,19H,10H2,1-3H3. The van der Waals surface area contributed by atoms with E-state index in [1.807, 2.05) is 18.2 Å². The normalized spacial score (nSPS) is 11.6. The van der Waals surface area contributed by atoms with Crippen molar-refractivity contribution >= 4 is 23.4 Å². The molecule has 1 aromatic heterocycles. The van der Waals surface area contributed by atoms with Crippen LogP contribution >= 0.6 is 23.4 Å². The summed E-state index contributed by atoms with van der Waals surface area (Å²) in [6, 6.07) is 7.86. The summed E-state index contributed by atoms with van der Waals surface area (Å²) in [5.74, 6) is 0. The van der Waals surface area contributed by atoms with E-state index in [4.69, 9.17) is 11.6 Å². The molecule has 0 aliphatic heterocycles. The van der Waals surface area contributed by atoms with Crippen molar-refractivity contribution in [2.24, 2.45) is 0 Å². The maximum Gasteiger partial charge on any atom is 0.192 e. The van der Waals surface area contributed by atoms with Gasteiger partial charge in [0.2, 0.25) is 0 Å². The van der Waals surface area contributed by atoms with Crippen LogP contribution in [0.4, 0.5) is 0 Å². The molecule has 0 saturated carbocycles. The molecule has 106 valence electrons. The van der Waals surface area contributed by atoms with E-state index in [2.05, 4.69) is 36.1 Å². The van der Waals surface area contributed by atoms with Gasteiger partial charge in [0.05, 0.1) is 0 Å². The second-order valence-electron chi connectivity index (χ2n) is 5.49. The van der Waals surface area contributed by atoms with Gasteiger partial charge in [-0.2, -0.15) is 0 Å². The van der Waals surface area contributed by atoms with E-state index in [1.54, 1.807) is 18.5 Å². The van der Waals surface area contributed by atoms with Crippen molar-refractivity contribution in [2.45, 2.75) is 42.9 Å². The van der Waals surface area contributed by atoms with E-state index in [0.717, 1.165) is 27.2 Å². The van der Waals surface area contributed by atoms with E-state index in [0.29, 0.717) is 0 Å². The lowest BCUT2D eigenvalue weighted by molar-refractivity contribution is 0.424. The van der Waals surface area contributed by atoms with Crippen LogP contribution in [0.3, 0.4) is 0 Å². The van der Waals surface area contributed by atoms with Gasteiger partial charge in [0.1, 0.15) is 0 Å². The molecule has 1 heterocycles. The Morgan fingerprint density at radius 2 is 1.90 bits per heavy atom. The molecule has 0 radical (unpaired) electrons. The van der Waals surface area contributed by atoms with Crippen molar-refractivity contribution < 1.29 is 0 Å². The maximum absolute atomic E-state index is 6.33. The van der Waals surface area contributed by atoms with Gasteiger partial charge < -0.3 is 5.32 Å². The summed E-state index contributed by atoms with van der Waals surface area (Å²) < 4.78 is 0. The topological polar surface area (TPSA) is 37.8 Å². The summed E-state index contributed by atoms with van der Waals surface area (Å²) in [5, 5.41) is 4.92. The van der Waals surface area contributed by atoms with Crippen LogP contribution < -0.4 is 5.32 Å². The zero-order valence-electron chi connectivity index (χ0n) is 11.9. The van der Waals surface area contributed by atoms with Crippen LogP contribution in [0, 0.1) is 0 Å². The molecule has 2 rings (SSSR count). The lowest BCUT2D eigenvalue weighted by Crippen LogP contribution is -2.35. The van der Waals surface area contributed by atoms with Gasteiger partial charge in [0.25, 0.3) is 0 Å². The van der Waals surface area contributed by atoms with Gasteiger partial charge in [-0.05, 0) is 56.3 Å². The number of hydrogen-bond acceptors (Lipinski definition) is 4. The molecule has 20 heavy (non-hydrogen) atoms. The first-order chi connectivity index (χ1) is 9.44. The van der Waals surface area contributed by atoms with Crippen molar-refractivity contribution in [1.82, 2.24) is 15.3 Å².